The van der Waals surface area contributed by atoms with E-state index in [9.17, 15) is 5.11 Å². The maximum Gasteiger partial charge on any atom is 0.142 e. The van der Waals surface area contributed by atoms with Crippen molar-refractivity contribution < 1.29 is 15.4 Å². The molecule has 0 amide bonds. The lowest BCUT2D eigenvalue weighted by molar-refractivity contribution is -0.104. The smallest absolute Gasteiger partial charge is 0.142 e. The molecule has 0 aliphatic carbocycles. The first-order chi connectivity index (χ1) is 12.8. The molecule has 0 aromatic heterocycles. The molecule has 0 aliphatic heterocycles. The Morgan fingerprint density at radius 2 is 1.41 bits per heavy atom. The number of aromatic hydroxyl groups is 1. The lowest BCUT2D eigenvalue weighted by Gasteiger charge is -2.24. The highest BCUT2D eigenvalue weighted by atomic mass is 16.3. The van der Waals surface area contributed by atoms with Crippen LogP contribution in [0.25, 0.3) is 0 Å². The summed E-state index contributed by atoms with van der Waals surface area (Å²) in [6, 6.07) is 11.0. The van der Waals surface area contributed by atoms with Gasteiger partial charge >= 0.3 is 0 Å². The molecule has 0 heterocycles. The van der Waals surface area contributed by atoms with Crippen molar-refractivity contribution in [3.63, 3.8) is 0 Å². The molecular formula is C26H38O3. The largest absolute Gasteiger partial charge is 0.507 e. The van der Waals surface area contributed by atoms with Gasteiger partial charge in [0, 0.05) is 6.42 Å². The van der Waals surface area contributed by atoms with Crippen molar-refractivity contribution in [3.05, 3.63) is 76.4 Å². The number of carbonyl (C=O) groups excluding carboxylic acids is 1. The third-order valence-corrected chi connectivity index (χ3v) is 4.64. The molecule has 0 saturated heterocycles. The van der Waals surface area contributed by atoms with E-state index in [0.717, 1.165) is 17.5 Å². The molecule has 0 aliphatic rings. The van der Waals surface area contributed by atoms with Gasteiger partial charge in [0.05, 0.1) is 0 Å². The highest BCUT2D eigenvalue weighted by molar-refractivity contribution is 5.63. The first-order valence-corrected chi connectivity index (χ1v) is 9.79. The standard InChI is InChI=1S/C23H32O.C3H4O.H2O/c1-15-9-17(14-19(11-15)22(3,4)5)13-18-10-16(2)12-20(21(18)24)23(6,7)8;1-2-3-4;/h9-12,14,24H,13H2,1-8H3;2-3H,1H2;1H2. The van der Waals surface area contributed by atoms with Gasteiger partial charge in [-0.1, -0.05) is 89.6 Å². The molecule has 29 heavy (non-hydrogen) atoms. The predicted molar refractivity (Wildman–Crippen MR) is 124 cm³/mol. The minimum Gasteiger partial charge on any atom is -0.507 e. The van der Waals surface area contributed by atoms with Gasteiger partial charge in [-0.05, 0) is 53.0 Å². The fourth-order valence-electron chi connectivity index (χ4n) is 3.18. The summed E-state index contributed by atoms with van der Waals surface area (Å²) in [7, 11) is 0. The van der Waals surface area contributed by atoms with Crippen LogP contribution in [0, 0.1) is 13.8 Å². The van der Waals surface area contributed by atoms with Crippen LogP contribution < -0.4 is 0 Å². The van der Waals surface area contributed by atoms with E-state index in [-0.39, 0.29) is 16.3 Å². The minimum absolute atomic E-state index is 0. The Balaban J connectivity index is 0.00000143. The number of hydrogen-bond acceptors (Lipinski definition) is 2. The van der Waals surface area contributed by atoms with E-state index in [4.69, 9.17) is 4.79 Å². The van der Waals surface area contributed by atoms with Crippen LogP contribution in [0.3, 0.4) is 0 Å². The number of carbonyl (C=O) groups is 1. The Morgan fingerprint density at radius 3 is 1.86 bits per heavy atom. The zero-order valence-electron chi connectivity index (χ0n) is 19.3. The Kier molecular flexibility index (Phi) is 9.55. The zero-order chi connectivity index (χ0) is 21.7. The van der Waals surface area contributed by atoms with Gasteiger partial charge < -0.3 is 10.6 Å². The minimum atomic E-state index is -0.0615. The summed E-state index contributed by atoms with van der Waals surface area (Å²) in [5, 5.41) is 10.8. The molecule has 0 radical (unpaired) electrons. The van der Waals surface area contributed by atoms with Crippen molar-refractivity contribution in [2.24, 2.45) is 0 Å². The van der Waals surface area contributed by atoms with Crippen LogP contribution in [-0.2, 0) is 22.0 Å². The summed E-state index contributed by atoms with van der Waals surface area (Å²) in [5.41, 5.74) is 7.21. The average Bonchev–Trinajstić information content (AvgIpc) is 2.55. The monoisotopic (exact) mass is 398 g/mol. The second-order valence-corrected chi connectivity index (χ2v) is 9.58. The lowest BCUT2D eigenvalue weighted by atomic mass is 9.82. The molecular weight excluding hydrogens is 360 g/mol. The highest BCUT2D eigenvalue weighted by Gasteiger charge is 2.21. The quantitative estimate of drug-likeness (QED) is 0.529. The molecule has 0 atom stereocenters. The van der Waals surface area contributed by atoms with Crippen molar-refractivity contribution in [3.8, 4) is 5.75 Å². The molecule has 2 rings (SSSR count). The highest BCUT2D eigenvalue weighted by Crippen LogP contribution is 2.36. The van der Waals surface area contributed by atoms with Gasteiger partial charge in [-0.3, -0.25) is 4.79 Å². The van der Waals surface area contributed by atoms with Gasteiger partial charge in [-0.25, -0.2) is 0 Å². The van der Waals surface area contributed by atoms with Crippen molar-refractivity contribution in [1.82, 2.24) is 0 Å². The van der Waals surface area contributed by atoms with Crippen molar-refractivity contribution in [2.75, 3.05) is 0 Å². The van der Waals surface area contributed by atoms with Crippen LogP contribution in [-0.4, -0.2) is 16.9 Å². The average molecular weight is 399 g/mol. The molecule has 3 heteroatoms. The Bertz CT molecular complexity index is 828. The van der Waals surface area contributed by atoms with Crippen molar-refractivity contribution in [2.45, 2.75) is 72.6 Å². The fourth-order valence-corrected chi connectivity index (χ4v) is 3.18. The molecule has 160 valence electrons. The summed E-state index contributed by atoms with van der Waals surface area (Å²) in [6.07, 6.45) is 2.60. The number of allylic oxidation sites excluding steroid dienone is 1. The van der Waals surface area contributed by atoms with E-state index in [1.807, 2.05) is 0 Å². The number of benzene rings is 2. The topological polar surface area (TPSA) is 68.8 Å². The van der Waals surface area contributed by atoms with Crippen molar-refractivity contribution >= 4 is 6.29 Å². The Labute approximate surface area is 176 Å². The maximum atomic E-state index is 10.8. The van der Waals surface area contributed by atoms with Gasteiger partial charge in [-0.2, -0.15) is 0 Å². The van der Waals surface area contributed by atoms with Gasteiger partial charge in [-0.15, -0.1) is 0 Å². The van der Waals surface area contributed by atoms with Crippen LogP contribution in [0.4, 0.5) is 0 Å². The number of aldehydes is 1. The number of rotatable bonds is 3. The number of aryl methyl sites for hydroxylation is 2. The van der Waals surface area contributed by atoms with Crippen LogP contribution in [0.15, 0.2) is 43.0 Å². The van der Waals surface area contributed by atoms with Crippen LogP contribution in [0.1, 0.15) is 74.9 Å². The molecule has 0 unspecified atom stereocenters. The number of phenols is 1. The van der Waals surface area contributed by atoms with E-state index in [2.05, 4.69) is 92.3 Å². The second-order valence-electron chi connectivity index (χ2n) is 9.58. The molecule has 0 spiro atoms. The SMILES string of the molecule is C=CC=O.Cc1cc(Cc2cc(C)cc(C(C)(C)C)c2O)cc(C(C)(C)C)c1.O. The van der Waals surface area contributed by atoms with Crippen LogP contribution in [0.2, 0.25) is 0 Å². The summed E-state index contributed by atoms with van der Waals surface area (Å²) in [4.78, 5) is 9.06. The molecule has 0 bridgehead atoms. The molecule has 3 N–H and O–H groups in total. The fraction of sp³-hybridized carbons (Fsp3) is 0.423. The molecule has 2 aromatic carbocycles. The Morgan fingerprint density at radius 1 is 0.897 bits per heavy atom. The van der Waals surface area contributed by atoms with Gasteiger partial charge in [0.2, 0.25) is 0 Å². The lowest BCUT2D eigenvalue weighted by Crippen LogP contribution is -2.13. The maximum absolute atomic E-state index is 10.8. The number of hydrogen-bond donors (Lipinski definition) is 1. The van der Waals surface area contributed by atoms with Gasteiger partial charge in [0.1, 0.15) is 12.0 Å². The van der Waals surface area contributed by atoms with E-state index >= 15 is 0 Å². The summed E-state index contributed by atoms with van der Waals surface area (Å²) >= 11 is 0. The van der Waals surface area contributed by atoms with Crippen LogP contribution >= 0.6 is 0 Å². The molecule has 0 saturated carbocycles. The third kappa shape index (κ3) is 7.86. The number of phenolic OH excluding ortho intramolecular Hbond substituents is 1. The first-order valence-electron chi connectivity index (χ1n) is 9.79. The van der Waals surface area contributed by atoms with Gasteiger partial charge in [0.15, 0.2) is 0 Å². The van der Waals surface area contributed by atoms with E-state index in [1.54, 1.807) is 0 Å². The molecule has 3 nitrogen and oxygen atoms in total. The summed E-state index contributed by atoms with van der Waals surface area (Å²) < 4.78 is 0. The Hall–Kier alpha value is -2.39. The van der Waals surface area contributed by atoms with Crippen LogP contribution in [0.5, 0.6) is 5.75 Å². The van der Waals surface area contributed by atoms with E-state index < -0.39 is 0 Å². The van der Waals surface area contributed by atoms with Gasteiger partial charge in [0.25, 0.3) is 0 Å². The summed E-state index contributed by atoms with van der Waals surface area (Å²) in [6.45, 7) is 20.5. The van der Waals surface area contributed by atoms with E-state index in [0.29, 0.717) is 12.0 Å². The second kappa shape index (κ2) is 10.4. The summed E-state index contributed by atoms with van der Waals surface area (Å²) in [5.74, 6) is 0.451. The zero-order valence-corrected chi connectivity index (χ0v) is 19.3. The molecule has 2 aromatic rings. The van der Waals surface area contributed by atoms with E-state index in [1.165, 1.54) is 28.3 Å². The normalized spacial score (nSPS) is 11.0. The predicted octanol–water partition coefficient (Wildman–Crippen LogP) is 5.74. The molecule has 0 fully saturated rings. The van der Waals surface area contributed by atoms with Crippen molar-refractivity contribution in [1.29, 1.82) is 0 Å². The third-order valence-electron chi connectivity index (χ3n) is 4.64. The first kappa shape index (κ1) is 26.6.